The lowest BCUT2D eigenvalue weighted by atomic mass is 10.1. The summed E-state index contributed by atoms with van der Waals surface area (Å²) in [4.78, 5) is 41.0. The first-order valence-electron chi connectivity index (χ1n) is 9.32. The zero-order valence-corrected chi connectivity index (χ0v) is 16.6. The van der Waals surface area contributed by atoms with Gasteiger partial charge in [-0.25, -0.2) is 4.39 Å². The molecular formula is C21H18FN3O4S. The molecule has 0 atom stereocenters. The fraction of sp³-hybridized carbons (Fsp3) is 0.190. The second-order valence-electron chi connectivity index (χ2n) is 6.70. The Labute approximate surface area is 175 Å². The molecule has 154 valence electrons. The molecule has 3 aromatic rings. The van der Waals surface area contributed by atoms with Crippen molar-refractivity contribution >= 4 is 45.8 Å². The number of H-pyrrole nitrogens is 1. The molecule has 1 aromatic carbocycles. The highest BCUT2D eigenvalue weighted by Gasteiger charge is 2.35. The van der Waals surface area contributed by atoms with E-state index in [2.05, 4.69) is 10.3 Å². The number of benzene rings is 1. The number of aromatic amines is 1. The van der Waals surface area contributed by atoms with Crippen LogP contribution in [0.1, 0.15) is 17.7 Å². The van der Waals surface area contributed by atoms with E-state index in [1.807, 2.05) is 0 Å². The lowest BCUT2D eigenvalue weighted by molar-refractivity contribution is -0.124. The number of aromatic nitrogens is 1. The van der Waals surface area contributed by atoms with Crippen LogP contribution in [0.25, 0.3) is 17.0 Å². The summed E-state index contributed by atoms with van der Waals surface area (Å²) in [5.41, 5.74) is 1.73. The quantitative estimate of drug-likeness (QED) is 0.561. The molecule has 0 spiro atoms. The summed E-state index contributed by atoms with van der Waals surface area (Å²) < 4.78 is 18.6. The van der Waals surface area contributed by atoms with E-state index in [0.717, 1.165) is 33.1 Å². The van der Waals surface area contributed by atoms with E-state index in [-0.39, 0.29) is 29.6 Å². The van der Waals surface area contributed by atoms with Crippen LogP contribution in [0.15, 0.2) is 52.1 Å². The van der Waals surface area contributed by atoms with Gasteiger partial charge in [0.15, 0.2) is 0 Å². The fourth-order valence-electron chi connectivity index (χ4n) is 3.19. The standard InChI is InChI=1S/C21H18FN3O4S/c22-14-3-4-17-16(10-14)13(12-24-17)5-7-23-19(26)6-8-25-20(27)18(30-21(25)28)11-15-2-1-9-29-15/h1-4,9-12,24H,5-8H2,(H,23,26)/b18-11-. The highest BCUT2D eigenvalue weighted by Crippen LogP contribution is 2.32. The van der Waals surface area contributed by atoms with Crippen molar-refractivity contribution in [1.82, 2.24) is 15.2 Å². The molecule has 0 saturated carbocycles. The molecule has 0 aliphatic carbocycles. The SMILES string of the molecule is O=C(CCN1C(=O)S/C(=C\c2ccco2)C1=O)NCCc1c[nH]c2ccc(F)cc12. The van der Waals surface area contributed by atoms with E-state index in [0.29, 0.717) is 18.7 Å². The topological polar surface area (TPSA) is 95.4 Å². The first kappa shape index (κ1) is 20.0. The number of carbonyl (C=O) groups is 3. The van der Waals surface area contributed by atoms with Crippen LogP contribution < -0.4 is 5.32 Å². The molecule has 1 saturated heterocycles. The number of thioether (sulfide) groups is 1. The normalized spacial score (nSPS) is 15.5. The molecule has 2 N–H and O–H groups in total. The largest absolute Gasteiger partial charge is 0.465 e. The number of fused-ring (bicyclic) bond motifs is 1. The van der Waals surface area contributed by atoms with Gasteiger partial charge in [0.1, 0.15) is 11.6 Å². The second-order valence-corrected chi connectivity index (χ2v) is 7.70. The lowest BCUT2D eigenvalue weighted by Gasteiger charge is -2.12. The number of carbonyl (C=O) groups excluding carboxylic acids is 3. The van der Waals surface area contributed by atoms with Gasteiger partial charge >= 0.3 is 0 Å². The van der Waals surface area contributed by atoms with Crippen LogP contribution >= 0.6 is 11.8 Å². The molecule has 3 amide bonds. The fourth-order valence-corrected chi connectivity index (χ4v) is 4.04. The summed E-state index contributed by atoms with van der Waals surface area (Å²) in [6, 6.07) is 7.89. The van der Waals surface area contributed by atoms with Gasteiger partial charge < -0.3 is 14.7 Å². The molecule has 9 heteroatoms. The third-order valence-corrected chi connectivity index (χ3v) is 5.61. The maximum absolute atomic E-state index is 13.4. The minimum atomic E-state index is -0.435. The third-order valence-electron chi connectivity index (χ3n) is 4.70. The van der Waals surface area contributed by atoms with Crippen LogP contribution in [0.2, 0.25) is 0 Å². The number of halogens is 1. The minimum Gasteiger partial charge on any atom is -0.465 e. The second kappa shape index (κ2) is 8.58. The van der Waals surface area contributed by atoms with Crippen LogP contribution in [0.5, 0.6) is 0 Å². The predicted octanol–water partition coefficient (Wildman–Crippen LogP) is 3.69. The van der Waals surface area contributed by atoms with Crippen LogP contribution in [-0.4, -0.2) is 40.0 Å². The van der Waals surface area contributed by atoms with Crippen LogP contribution in [0.3, 0.4) is 0 Å². The van der Waals surface area contributed by atoms with E-state index in [9.17, 15) is 18.8 Å². The van der Waals surface area contributed by atoms with Gasteiger partial charge in [-0.05, 0) is 54.1 Å². The molecule has 0 unspecified atom stereocenters. The number of rotatable bonds is 7. The molecule has 7 nitrogen and oxygen atoms in total. The molecular weight excluding hydrogens is 409 g/mol. The van der Waals surface area contributed by atoms with Gasteiger partial charge in [0.25, 0.3) is 11.1 Å². The minimum absolute atomic E-state index is 0.00426. The Morgan fingerprint density at radius 2 is 2.17 bits per heavy atom. The van der Waals surface area contributed by atoms with Crippen molar-refractivity contribution in [3.8, 4) is 0 Å². The number of hydrogen-bond donors (Lipinski definition) is 2. The molecule has 1 aliphatic heterocycles. The number of imide groups is 1. The van der Waals surface area contributed by atoms with E-state index in [1.54, 1.807) is 24.4 Å². The van der Waals surface area contributed by atoms with Gasteiger partial charge in [-0.2, -0.15) is 0 Å². The first-order valence-corrected chi connectivity index (χ1v) is 10.1. The molecule has 4 rings (SSSR count). The van der Waals surface area contributed by atoms with E-state index in [4.69, 9.17) is 4.42 Å². The summed E-state index contributed by atoms with van der Waals surface area (Å²) in [7, 11) is 0. The monoisotopic (exact) mass is 427 g/mol. The Balaban J connectivity index is 1.27. The highest BCUT2D eigenvalue weighted by molar-refractivity contribution is 8.18. The first-order chi connectivity index (χ1) is 14.5. The number of nitrogens with zero attached hydrogens (tertiary/aromatic N) is 1. The van der Waals surface area contributed by atoms with Crippen molar-refractivity contribution in [3.63, 3.8) is 0 Å². The Morgan fingerprint density at radius 3 is 2.97 bits per heavy atom. The highest BCUT2D eigenvalue weighted by atomic mass is 32.2. The maximum atomic E-state index is 13.4. The summed E-state index contributed by atoms with van der Waals surface area (Å²) >= 11 is 0.823. The van der Waals surface area contributed by atoms with Crippen molar-refractivity contribution in [3.05, 3.63) is 64.8 Å². The third kappa shape index (κ3) is 4.30. The Kier molecular flexibility index (Phi) is 5.71. The molecule has 2 aromatic heterocycles. The van der Waals surface area contributed by atoms with Gasteiger partial charge in [0.2, 0.25) is 5.91 Å². The molecule has 0 bridgehead atoms. The van der Waals surface area contributed by atoms with E-state index in [1.165, 1.54) is 24.5 Å². The summed E-state index contributed by atoms with van der Waals surface area (Å²) in [6.45, 7) is 0.368. The number of hydrogen-bond acceptors (Lipinski definition) is 5. The summed E-state index contributed by atoms with van der Waals surface area (Å²) in [5.74, 6) is -0.536. The zero-order chi connectivity index (χ0) is 21.1. The van der Waals surface area contributed by atoms with Crippen molar-refractivity contribution in [2.24, 2.45) is 0 Å². The smallest absolute Gasteiger partial charge is 0.293 e. The summed E-state index contributed by atoms with van der Waals surface area (Å²) in [5, 5.41) is 3.14. The van der Waals surface area contributed by atoms with Gasteiger partial charge in [-0.15, -0.1) is 0 Å². The van der Waals surface area contributed by atoms with Crippen LogP contribution in [-0.2, 0) is 16.0 Å². The van der Waals surface area contributed by atoms with Crippen LogP contribution in [0.4, 0.5) is 9.18 Å². The van der Waals surface area contributed by atoms with Gasteiger partial charge in [-0.1, -0.05) is 0 Å². The maximum Gasteiger partial charge on any atom is 0.293 e. The van der Waals surface area contributed by atoms with Crippen molar-refractivity contribution in [1.29, 1.82) is 0 Å². The number of amides is 3. The number of furan rings is 1. The van der Waals surface area contributed by atoms with E-state index >= 15 is 0 Å². The van der Waals surface area contributed by atoms with Gasteiger partial charge in [0, 0.05) is 42.7 Å². The van der Waals surface area contributed by atoms with Gasteiger partial charge in [-0.3, -0.25) is 19.3 Å². The average Bonchev–Trinajstić information content (AvgIpc) is 3.42. The van der Waals surface area contributed by atoms with Crippen molar-refractivity contribution in [2.75, 3.05) is 13.1 Å². The Bertz CT molecular complexity index is 1140. The van der Waals surface area contributed by atoms with Crippen LogP contribution in [0, 0.1) is 5.82 Å². The lowest BCUT2D eigenvalue weighted by Crippen LogP contribution is -2.34. The Hall–Kier alpha value is -3.33. The molecule has 30 heavy (non-hydrogen) atoms. The zero-order valence-electron chi connectivity index (χ0n) is 15.8. The molecule has 1 fully saturated rings. The molecule has 0 radical (unpaired) electrons. The predicted molar refractivity (Wildman–Crippen MR) is 111 cm³/mol. The molecule has 3 heterocycles. The van der Waals surface area contributed by atoms with Crippen molar-refractivity contribution in [2.45, 2.75) is 12.8 Å². The number of nitrogens with one attached hydrogen (secondary N) is 2. The average molecular weight is 427 g/mol. The summed E-state index contributed by atoms with van der Waals surface area (Å²) in [6.07, 6.45) is 5.32. The Morgan fingerprint density at radius 1 is 1.30 bits per heavy atom. The van der Waals surface area contributed by atoms with Crippen molar-refractivity contribution < 1.29 is 23.2 Å². The molecule has 1 aliphatic rings. The van der Waals surface area contributed by atoms with E-state index < -0.39 is 11.1 Å². The van der Waals surface area contributed by atoms with Gasteiger partial charge in [0.05, 0.1) is 11.2 Å².